The van der Waals surface area contributed by atoms with Crippen molar-refractivity contribution in [3.8, 4) is 11.4 Å². The molecule has 0 fully saturated rings. The van der Waals surface area contributed by atoms with Gasteiger partial charge in [0.25, 0.3) is 0 Å². The fraction of sp³-hybridized carbons (Fsp3) is 0.0625. The van der Waals surface area contributed by atoms with E-state index in [1.807, 2.05) is 49.4 Å². The normalized spacial score (nSPS) is 10.3. The monoisotopic (exact) mass is 277 g/mol. The molecule has 0 aliphatic carbocycles. The molecule has 2 heterocycles. The lowest BCUT2D eigenvalue weighted by atomic mass is 10.2. The number of benzene rings is 1. The zero-order chi connectivity index (χ0) is 14.7. The van der Waals surface area contributed by atoms with Gasteiger partial charge in [-0.05, 0) is 31.2 Å². The van der Waals surface area contributed by atoms with E-state index in [4.69, 9.17) is 5.73 Å². The molecular formula is C16H15N5. The SMILES string of the molecule is Cc1nc(-c2cccnc2)nc(Nc2ccccc2)c1N. The molecular weight excluding hydrogens is 262 g/mol. The molecule has 5 heteroatoms. The molecule has 0 aliphatic heterocycles. The van der Waals surface area contributed by atoms with Gasteiger partial charge in [0.05, 0.1) is 11.4 Å². The van der Waals surface area contributed by atoms with Crippen molar-refractivity contribution in [2.24, 2.45) is 0 Å². The van der Waals surface area contributed by atoms with Crippen LogP contribution in [0.4, 0.5) is 17.2 Å². The molecule has 0 saturated carbocycles. The Morgan fingerprint density at radius 1 is 1.00 bits per heavy atom. The first-order valence-corrected chi connectivity index (χ1v) is 6.60. The molecule has 0 radical (unpaired) electrons. The van der Waals surface area contributed by atoms with Crippen LogP contribution in [-0.2, 0) is 0 Å². The molecule has 1 aromatic carbocycles. The average Bonchev–Trinajstić information content (AvgIpc) is 2.53. The first-order valence-electron chi connectivity index (χ1n) is 6.60. The number of nitrogens with two attached hydrogens (primary N) is 1. The highest BCUT2D eigenvalue weighted by atomic mass is 15.1. The molecule has 3 aromatic rings. The number of nitrogens with one attached hydrogen (secondary N) is 1. The second kappa shape index (κ2) is 5.58. The lowest BCUT2D eigenvalue weighted by Crippen LogP contribution is -2.05. The predicted octanol–water partition coefficient (Wildman–Crippen LogP) is 3.17. The standard InChI is InChI=1S/C16H15N5/c1-11-14(17)16(20-13-7-3-2-4-8-13)21-15(19-11)12-6-5-9-18-10-12/h2-10H,17H2,1H3,(H,19,20,21). The third-order valence-corrected chi connectivity index (χ3v) is 3.09. The van der Waals surface area contributed by atoms with Gasteiger partial charge in [-0.2, -0.15) is 0 Å². The fourth-order valence-electron chi connectivity index (χ4n) is 1.96. The van der Waals surface area contributed by atoms with Gasteiger partial charge in [0.2, 0.25) is 0 Å². The predicted molar refractivity (Wildman–Crippen MR) is 84.1 cm³/mol. The van der Waals surface area contributed by atoms with Gasteiger partial charge in [-0.1, -0.05) is 18.2 Å². The lowest BCUT2D eigenvalue weighted by Gasteiger charge is -2.12. The van der Waals surface area contributed by atoms with Crippen molar-refractivity contribution in [2.75, 3.05) is 11.1 Å². The zero-order valence-corrected chi connectivity index (χ0v) is 11.6. The Hall–Kier alpha value is -2.95. The Bertz CT molecular complexity index is 741. The van der Waals surface area contributed by atoms with E-state index in [0.717, 1.165) is 16.9 Å². The maximum absolute atomic E-state index is 6.07. The maximum Gasteiger partial charge on any atom is 0.163 e. The third kappa shape index (κ3) is 2.81. The van der Waals surface area contributed by atoms with Crippen molar-refractivity contribution < 1.29 is 0 Å². The molecule has 2 aromatic heterocycles. The highest BCUT2D eigenvalue weighted by molar-refractivity contribution is 5.72. The summed E-state index contributed by atoms with van der Waals surface area (Å²) in [4.78, 5) is 13.0. The summed E-state index contributed by atoms with van der Waals surface area (Å²) in [6, 6.07) is 13.6. The molecule has 3 rings (SSSR count). The van der Waals surface area contributed by atoms with E-state index in [1.54, 1.807) is 12.4 Å². The molecule has 104 valence electrons. The van der Waals surface area contributed by atoms with E-state index < -0.39 is 0 Å². The van der Waals surface area contributed by atoms with Crippen LogP contribution in [0.25, 0.3) is 11.4 Å². The van der Waals surface area contributed by atoms with Crippen LogP contribution in [0.3, 0.4) is 0 Å². The van der Waals surface area contributed by atoms with E-state index in [1.165, 1.54) is 0 Å². The topological polar surface area (TPSA) is 76.7 Å². The van der Waals surface area contributed by atoms with Crippen molar-refractivity contribution in [3.05, 3.63) is 60.6 Å². The van der Waals surface area contributed by atoms with Gasteiger partial charge in [-0.25, -0.2) is 9.97 Å². The second-order valence-electron chi connectivity index (χ2n) is 4.63. The van der Waals surface area contributed by atoms with Crippen LogP contribution in [0.5, 0.6) is 0 Å². The number of rotatable bonds is 3. The van der Waals surface area contributed by atoms with Crippen LogP contribution >= 0.6 is 0 Å². The minimum atomic E-state index is 0.548. The molecule has 3 N–H and O–H groups in total. The molecule has 0 spiro atoms. The second-order valence-corrected chi connectivity index (χ2v) is 4.63. The largest absolute Gasteiger partial charge is 0.394 e. The van der Waals surface area contributed by atoms with Gasteiger partial charge in [-0.3, -0.25) is 4.98 Å². The molecule has 0 bridgehead atoms. The van der Waals surface area contributed by atoms with Crippen LogP contribution in [0, 0.1) is 6.92 Å². The Kier molecular flexibility index (Phi) is 3.47. The Morgan fingerprint density at radius 3 is 2.52 bits per heavy atom. The first-order chi connectivity index (χ1) is 10.2. The van der Waals surface area contributed by atoms with E-state index in [2.05, 4.69) is 20.3 Å². The summed E-state index contributed by atoms with van der Waals surface area (Å²) >= 11 is 0. The Morgan fingerprint density at radius 2 is 1.81 bits per heavy atom. The summed E-state index contributed by atoms with van der Waals surface area (Å²) in [6.07, 6.45) is 3.45. The van der Waals surface area contributed by atoms with Crippen LogP contribution in [0.1, 0.15) is 5.69 Å². The van der Waals surface area contributed by atoms with Gasteiger partial charge >= 0.3 is 0 Å². The third-order valence-electron chi connectivity index (χ3n) is 3.09. The number of para-hydroxylation sites is 1. The quantitative estimate of drug-likeness (QED) is 0.769. The van der Waals surface area contributed by atoms with Crippen molar-refractivity contribution >= 4 is 17.2 Å². The minimum Gasteiger partial charge on any atom is -0.394 e. The molecule has 0 aliphatic rings. The Labute approximate surface area is 122 Å². The summed E-state index contributed by atoms with van der Waals surface area (Å²) in [6.45, 7) is 1.87. The number of aromatic nitrogens is 3. The molecule has 5 nitrogen and oxygen atoms in total. The van der Waals surface area contributed by atoms with Crippen LogP contribution in [0.15, 0.2) is 54.9 Å². The number of hydrogen-bond acceptors (Lipinski definition) is 5. The number of nitrogen functional groups attached to an aromatic ring is 1. The van der Waals surface area contributed by atoms with Crippen molar-refractivity contribution in [1.82, 2.24) is 15.0 Å². The summed E-state index contributed by atoms with van der Waals surface area (Å²) in [5, 5.41) is 3.23. The van der Waals surface area contributed by atoms with Crippen molar-refractivity contribution in [2.45, 2.75) is 6.92 Å². The lowest BCUT2D eigenvalue weighted by molar-refractivity contribution is 1.11. The Balaban J connectivity index is 2.02. The first kappa shape index (κ1) is 13.1. The van der Waals surface area contributed by atoms with E-state index in [-0.39, 0.29) is 0 Å². The number of aryl methyl sites for hydroxylation is 1. The number of anilines is 3. The van der Waals surface area contributed by atoms with E-state index in [0.29, 0.717) is 17.3 Å². The van der Waals surface area contributed by atoms with Crippen molar-refractivity contribution in [3.63, 3.8) is 0 Å². The number of hydrogen-bond donors (Lipinski definition) is 2. The average molecular weight is 277 g/mol. The van der Waals surface area contributed by atoms with Crippen molar-refractivity contribution in [1.29, 1.82) is 0 Å². The van der Waals surface area contributed by atoms with Crippen LogP contribution < -0.4 is 11.1 Å². The van der Waals surface area contributed by atoms with Gasteiger partial charge < -0.3 is 11.1 Å². The molecule has 0 amide bonds. The number of nitrogens with zero attached hydrogens (tertiary/aromatic N) is 3. The maximum atomic E-state index is 6.07. The van der Waals surface area contributed by atoms with Gasteiger partial charge in [0, 0.05) is 23.6 Å². The molecule has 0 atom stereocenters. The highest BCUT2D eigenvalue weighted by Crippen LogP contribution is 2.26. The van der Waals surface area contributed by atoms with Gasteiger partial charge in [-0.15, -0.1) is 0 Å². The number of pyridine rings is 1. The van der Waals surface area contributed by atoms with Gasteiger partial charge in [0.15, 0.2) is 11.6 Å². The van der Waals surface area contributed by atoms with E-state index >= 15 is 0 Å². The van der Waals surface area contributed by atoms with Crippen LogP contribution in [-0.4, -0.2) is 15.0 Å². The fourth-order valence-corrected chi connectivity index (χ4v) is 1.96. The summed E-state index contributed by atoms with van der Waals surface area (Å²) in [5.74, 6) is 1.21. The molecule has 21 heavy (non-hydrogen) atoms. The summed E-state index contributed by atoms with van der Waals surface area (Å²) in [5.41, 5.74) is 9.15. The smallest absolute Gasteiger partial charge is 0.163 e. The molecule has 0 unspecified atom stereocenters. The van der Waals surface area contributed by atoms with E-state index in [9.17, 15) is 0 Å². The zero-order valence-electron chi connectivity index (χ0n) is 11.6. The minimum absolute atomic E-state index is 0.548. The molecule has 0 saturated heterocycles. The highest BCUT2D eigenvalue weighted by Gasteiger charge is 2.10. The summed E-state index contributed by atoms with van der Waals surface area (Å²) < 4.78 is 0. The summed E-state index contributed by atoms with van der Waals surface area (Å²) in [7, 11) is 0. The van der Waals surface area contributed by atoms with Gasteiger partial charge in [0.1, 0.15) is 0 Å². The van der Waals surface area contributed by atoms with Crippen LogP contribution in [0.2, 0.25) is 0 Å².